The van der Waals surface area contributed by atoms with Crippen LogP contribution < -0.4 is 0 Å². The molecule has 2 aromatic heterocycles. The van der Waals surface area contributed by atoms with Gasteiger partial charge >= 0.3 is 0 Å². The molecule has 2 rings (SSSR count). The van der Waals surface area contributed by atoms with Crippen molar-refractivity contribution < 1.29 is 4.74 Å². The summed E-state index contributed by atoms with van der Waals surface area (Å²) < 4.78 is 5.97. The maximum absolute atomic E-state index is 6.11. The molecule has 0 atom stereocenters. The van der Waals surface area contributed by atoms with Crippen molar-refractivity contribution in [1.29, 1.82) is 0 Å². The Kier molecular flexibility index (Phi) is 4.35. The van der Waals surface area contributed by atoms with E-state index in [-0.39, 0.29) is 0 Å². The van der Waals surface area contributed by atoms with Gasteiger partial charge in [-0.2, -0.15) is 0 Å². The molecule has 0 aliphatic carbocycles. The third-order valence-electron chi connectivity index (χ3n) is 2.23. The number of hydrogen-bond donors (Lipinski definition) is 0. The first kappa shape index (κ1) is 13.2. The van der Waals surface area contributed by atoms with E-state index in [1.807, 2.05) is 18.4 Å². The zero-order valence-corrected chi connectivity index (χ0v) is 13.1. The summed E-state index contributed by atoms with van der Waals surface area (Å²) >= 11 is 9.87. The fourth-order valence-corrected chi connectivity index (χ4v) is 2.84. The third kappa shape index (κ3) is 2.78. The third-order valence-corrected chi connectivity index (χ3v) is 4.96. The molecule has 90 valence electrons. The van der Waals surface area contributed by atoms with Gasteiger partial charge in [0.05, 0.1) is 20.7 Å². The highest BCUT2D eigenvalue weighted by Crippen LogP contribution is 2.29. The average molecular weight is 381 g/mol. The number of rotatable bonds is 3. The molecular formula is C11H10ClIN2OS. The Bertz CT molecular complexity index is 544. The van der Waals surface area contributed by atoms with Crippen LogP contribution in [0.3, 0.4) is 0 Å². The predicted molar refractivity (Wildman–Crippen MR) is 78.5 cm³/mol. The van der Waals surface area contributed by atoms with Gasteiger partial charge in [0.2, 0.25) is 0 Å². The molecule has 2 heterocycles. The van der Waals surface area contributed by atoms with Crippen LogP contribution in [0.1, 0.15) is 11.3 Å². The van der Waals surface area contributed by atoms with E-state index in [0.717, 1.165) is 19.7 Å². The van der Waals surface area contributed by atoms with Crippen LogP contribution in [0, 0.1) is 10.5 Å². The fraction of sp³-hybridized carbons (Fsp3) is 0.273. The van der Waals surface area contributed by atoms with E-state index in [0.29, 0.717) is 17.6 Å². The SMILES string of the molecule is COCc1nc(-c2sccc2C)nc(Cl)c1I. The van der Waals surface area contributed by atoms with E-state index in [1.165, 1.54) is 0 Å². The summed E-state index contributed by atoms with van der Waals surface area (Å²) in [7, 11) is 1.64. The molecule has 0 fully saturated rings. The molecule has 0 saturated carbocycles. The van der Waals surface area contributed by atoms with Crippen LogP contribution in [0.25, 0.3) is 10.7 Å². The second kappa shape index (κ2) is 5.60. The van der Waals surface area contributed by atoms with E-state index in [1.54, 1.807) is 18.4 Å². The van der Waals surface area contributed by atoms with Gasteiger partial charge in [0, 0.05) is 7.11 Å². The molecular weight excluding hydrogens is 371 g/mol. The van der Waals surface area contributed by atoms with Gasteiger partial charge in [-0.25, -0.2) is 9.97 Å². The predicted octanol–water partition coefficient (Wildman–Crippen LogP) is 3.92. The zero-order chi connectivity index (χ0) is 12.4. The molecule has 0 saturated heterocycles. The van der Waals surface area contributed by atoms with Crippen molar-refractivity contribution in [3.63, 3.8) is 0 Å². The van der Waals surface area contributed by atoms with Gasteiger partial charge in [0.15, 0.2) is 5.82 Å². The van der Waals surface area contributed by atoms with Gasteiger partial charge in [0.1, 0.15) is 5.15 Å². The molecule has 0 spiro atoms. The van der Waals surface area contributed by atoms with Crippen molar-refractivity contribution in [2.45, 2.75) is 13.5 Å². The molecule has 0 bridgehead atoms. The molecule has 0 aliphatic rings. The Hall–Kier alpha value is -0.240. The zero-order valence-electron chi connectivity index (χ0n) is 9.33. The number of thiophene rings is 1. The highest BCUT2D eigenvalue weighted by Gasteiger charge is 2.14. The smallest absolute Gasteiger partial charge is 0.171 e. The second-order valence-corrected chi connectivity index (χ2v) is 5.82. The molecule has 0 radical (unpaired) electrons. The monoisotopic (exact) mass is 380 g/mol. The fourth-order valence-electron chi connectivity index (χ4n) is 1.40. The number of ether oxygens (including phenoxy) is 1. The van der Waals surface area contributed by atoms with Gasteiger partial charge in [-0.05, 0) is 46.5 Å². The topological polar surface area (TPSA) is 35.0 Å². The molecule has 0 aromatic carbocycles. The lowest BCUT2D eigenvalue weighted by Gasteiger charge is -2.07. The highest BCUT2D eigenvalue weighted by molar-refractivity contribution is 14.1. The summed E-state index contributed by atoms with van der Waals surface area (Å²) in [6.07, 6.45) is 0. The Morgan fingerprint density at radius 1 is 1.47 bits per heavy atom. The van der Waals surface area contributed by atoms with Crippen LogP contribution in [-0.2, 0) is 11.3 Å². The Morgan fingerprint density at radius 2 is 2.24 bits per heavy atom. The van der Waals surface area contributed by atoms with Crippen LogP contribution in [0.2, 0.25) is 5.15 Å². The van der Waals surface area contributed by atoms with Crippen molar-refractivity contribution in [3.05, 3.63) is 31.4 Å². The maximum atomic E-state index is 6.11. The number of nitrogens with zero attached hydrogens (tertiary/aromatic N) is 2. The van der Waals surface area contributed by atoms with E-state index in [4.69, 9.17) is 16.3 Å². The van der Waals surface area contributed by atoms with Crippen LogP contribution in [0.5, 0.6) is 0 Å². The minimum Gasteiger partial charge on any atom is -0.378 e. The van der Waals surface area contributed by atoms with E-state index in [9.17, 15) is 0 Å². The summed E-state index contributed by atoms with van der Waals surface area (Å²) in [6.45, 7) is 2.48. The van der Waals surface area contributed by atoms with E-state index >= 15 is 0 Å². The quantitative estimate of drug-likeness (QED) is 0.598. The van der Waals surface area contributed by atoms with Gasteiger partial charge in [-0.15, -0.1) is 11.3 Å². The number of halogens is 2. The Balaban J connectivity index is 2.53. The largest absolute Gasteiger partial charge is 0.378 e. The van der Waals surface area contributed by atoms with Crippen LogP contribution in [-0.4, -0.2) is 17.1 Å². The lowest BCUT2D eigenvalue weighted by atomic mass is 10.3. The lowest BCUT2D eigenvalue weighted by Crippen LogP contribution is -2.01. The van der Waals surface area contributed by atoms with E-state index in [2.05, 4.69) is 32.6 Å². The first-order chi connectivity index (χ1) is 8.13. The van der Waals surface area contributed by atoms with Crippen molar-refractivity contribution in [2.75, 3.05) is 7.11 Å². The van der Waals surface area contributed by atoms with E-state index < -0.39 is 0 Å². The number of methoxy groups -OCH3 is 1. The van der Waals surface area contributed by atoms with Gasteiger partial charge in [-0.3, -0.25) is 0 Å². The average Bonchev–Trinajstić information content (AvgIpc) is 2.71. The first-order valence-electron chi connectivity index (χ1n) is 4.88. The summed E-state index contributed by atoms with van der Waals surface area (Å²) in [5.74, 6) is 0.676. The Labute approximate surface area is 122 Å². The Morgan fingerprint density at radius 3 is 2.82 bits per heavy atom. The molecule has 0 unspecified atom stereocenters. The van der Waals surface area contributed by atoms with Crippen LogP contribution in [0.15, 0.2) is 11.4 Å². The van der Waals surface area contributed by atoms with Crippen molar-refractivity contribution in [3.8, 4) is 10.7 Å². The molecule has 2 aromatic rings. The standard InChI is InChI=1S/C11H10ClIN2OS/c1-6-3-4-17-9(6)11-14-7(5-16-2)8(13)10(12)15-11/h3-4H,5H2,1-2H3. The minimum absolute atomic E-state index is 0.442. The van der Waals surface area contributed by atoms with Crippen LogP contribution >= 0.6 is 45.5 Å². The number of aromatic nitrogens is 2. The van der Waals surface area contributed by atoms with Gasteiger partial charge in [0.25, 0.3) is 0 Å². The van der Waals surface area contributed by atoms with Crippen molar-refractivity contribution in [1.82, 2.24) is 9.97 Å². The number of hydrogen-bond acceptors (Lipinski definition) is 4. The summed E-state index contributed by atoms with van der Waals surface area (Å²) in [6, 6.07) is 2.05. The molecule has 17 heavy (non-hydrogen) atoms. The molecule has 0 amide bonds. The number of aryl methyl sites for hydroxylation is 1. The maximum Gasteiger partial charge on any atom is 0.171 e. The lowest BCUT2D eigenvalue weighted by molar-refractivity contribution is 0.181. The highest BCUT2D eigenvalue weighted by atomic mass is 127. The van der Waals surface area contributed by atoms with Gasteiger partial charge in [-0.1, -0.05) is 11.6 Å². The minimum atomic E-state index is 0.442. The summed E-state index contributed by atoms with van der Waals surface area (Å²) in [5, 5.41) is 2.51. The second-order valence-electron chi connectivity index (χ2n) is 3.46. The molecule has 6 heteroatoms. The molecule has 0 aliphatic heterocycles. The van der Waals surface area contributed by atoms with Crippen molar-refractivity contribution in [2.24, 2.45) is 0 Å². The molecule has 0 N–H and O–H groups in total. The van der Waals surface area contributed by atoms with Crippen LogP contribution in [0.4, 0.5) is 0 Å². The summed E-state index contributed by atoms with van der Waals surface area (Å²) in [5.41, 5.74) is 1.99. The first-order valence-corrected chi connectivity index (χ1v) is 7.22. The van der Waals surface area contributed by atoms with Crippen molar-refractivity contribution >= 4 is 45.5 Å². The molecule has 3 nitrogen and oxygen atoms in total. The van der Waals surface area contributed by atoms with Gasteiger partial charge < -0.3 is 4.74 Å². The normalized spacial score (nSPS) is 10.8. The summed E-state index contributed by atoms with van der Waals surface area (Å²) in [4.78, 5) is 9.89.